The number of carbonyl (C=O) groups is 1. The molecule has 1 radical (unpaired) electrons. The molecule has 5 heteroatoms. The molecule has 0 unspecified atom stereocenters. The highest BCUT2D eigenvalue weighted by Crippen LogP contribution is 2.41. The molecule has 1 heterocycles. The summed E-state index contributed by atoms with van der Waals surface area (Å²) in [5.74, 6) is -0.601. The smallest absolute Gasteiger partial charge is 0.269 e. The third kappa shape index (κ3) is 3.47. The molecule has 0 spiro atoms. The maximum Gasteiger partial charge on any atom is 0.269 e. The summed E-state index contributed by atoms with van der Waals surface area (Å²) in [4.78, 5) is 12.4. The fourth-order valence-corrected chi connectivity index (χ4v) is 16.1. The number of amides is 1. The molecule has 31 heavy (non-hydrogen) atoms. The van der Waals surface area contributed by atoms with E-state index in [0.717, 1.165) is 12.0 Å². The van der Waals surface area contributed by atoms with Crippen molar-refractivity contribution < 1.29 is 8.91 Å². The molecular weight excluding hydrogens is 414 g/mol. The zero-order valence-electron chi connectivity index (χ0n) is 20.3. The molecule has 3 nitrogen and oxygen atoms in total. The van der Waals surface area contributed by atoms with Crippen LogP contribution in [0.2, 0.25) is 26.2 Å². The molecule has 0 saturated heterocycles. The molecule has 163 valence electrons. The van der Waals surface area contributed by atoms with E-state index in [0.29, 0.717) is 5.56 Å². The third-order valence-corrected chi connectivity index (χ3v) is 14.6. The Bertz CT molecular complexity index is 1170. The number of rotatable bonds is 2. The van der Waals surface area contributed by atoms with Gasteiger partial charge in [0.15, 0.2) is 0 Å². The highest BCUT2D eigenvalue weighted by molar-refractivity contribution is 7.06. The largest absolute Gasteiger partial charge is 0.449 e. The molecule has 1 N–H and O–H groups in total. The zero-order valence-corrected chi connectivity index (χ0v) is 22.3. The third-order valence-electron chi connectivity index (χ3n) is 6.87. The van der Waals surface area contributed by atoms with Crippen LogP contribution in [0.15, 0.2) is 23.8 Å². The van der Waals surface area contributed by atoms with Crippen LogP contribution in [0.25, 0.3) is 17.2 Å². The average Bonchev–Trinajstić information content (AvgIpc) is 3.06. The Balaban J connectivity index is 2.17. The Morgan fingerprint density at radius 2 is 1.68 bits per heavy atom. The van der Waals surface area contributed by atoms with Crippen LogP contribution in [0.3, 0.4) is 0 Å². The Morgan fingerprint density at radius 3 is 2.26 bits per heavy atom. The van der Waals surface area contributed by atoms with Gasteiger partial charge in [-0.1, -0.05) is 44.6 Å². The van der Waals surface area contributed by atoms with Crippen LogP contribution >= 0.6 is 0 Å². The van der Waals surface area contributed by atoms with Gasteiger partial charge in [-0.25, -0.2) is 0 Å². The second kappa shape index (κ2) is 6.77. The van der Waals surface area contributed by atoms with Crippen LogP contribution in [0.4, 0.5) is 0 Å². The Hall–Kier alpha value is -1.96. The quantitative estimate of drug-likeness (QED) is 0.593. The second-order valence-corrected chi connectivity index (χ2v) is 19.2. The van der Waals surface area contributed by atoms with E-state index < -0.39 is 22.5 Å². The van der Waals surface area contributed by atoms with E-state index >= 15 is 0 Å². The lowest BCUT2D eigenvalue weighted by Gasteiger charge is -2.27. The van der Waals surface area contributed by atoms with Crippen molar-refractivity contribution in [1.29, 1.82) is 0 Å². The van der Waals surface area contributed by atoms with Gasteiger partial charge in [-0.3, -0.25) is 10.5 Å². The molecule has 0 bridgehead atoms. The lowest BCUT2D eigenvalue weighted by Crippen LogP contribution is -2.46. The number of benzene rings is 2. The van der Waals surface area contributed by atoms with E-state index in [-0.39, 0.29) is 5.41 Å². The summed E-state index contributed by atoms with van der Waals surface area (Å²) in [7, 11) is -4.29. The van der Waals surface area contributed by atoms with Crippen molar-refractivity contribution in [3.8, 4) is 11.1 Å². The van der Waals surface area contributed by atoms with Crippen LogP contribution in [0.5, 0.6) is 0 Å². The van der Waals surface area contributed by atoms with Crippen molar-refractivity contribution in [2.45, 2.75) is 72.6 Å². The predicted molar refractivity (Wildman–Crippen MR) is 135 cm³/mol. The van der Waals surface area contributed by atoms with E-state index in [2.05, 4.69) is 72.1 Å². The molecule has 0 saturated carbocycles. The van der Waals surface area contributed by atoms with Gasteiger partial charge < -0.3 is 4.12 Å². The van der Waals surface area contributed by atoms with Crippen LogP contribution in [-0.2, 0) is 16.0 Å². The van der Waals surface area contributed by atoms with Gasteiger partial charge in [0.05, 0.1) is 0 Å². The fourth-order valence-electron chi connectivity index (χ4n) is 5.47. The summed E-state index contributed by atoms with van der Waals surface area (Å²) in [5.41, 5.74) is 17.2. The Labute approximate surface area is 189 Å². The van der Waals surface area contributed by atoms with Crippen LogP contribution in [0, 0.1) is 6.92 Å². The van der Waals surface area contributed by atoms with E-state index in [1.54, 1.807) is 0 Å². The summed E-state index contributed by atoms with van der Waals surface area (Å²) in [5, 5.41) is 2.57. The van der Waals surface area contributed by atoms with Gasteiger partial charge >= 0.3 is 0 Å². The molecular formula is C26H34NO2Si2. The standard InChI is InChI=1S/C26H34NO2Si2/c1-15-10-17-12-18(26(3,4)5)13-21(20(17)11-15)23-16(2)19(25(27)28)14-22-24(23)31(8,9)29-30(22,6)7/h10,12-14,27H,11H2,1-9H3. The molecule has 1 aliphatic heterocycles. The van der Waals surface area contributed by atoms with Gasteiger partial charge in [-0.2, -0.15) is 0 Å². The minimum Gasteiger partial charge on any atom is -0.449 e. The van der Waals surface area contributed by atoms with Crippen molar-refractivity contribution in [2.75, 3.05) is 0 Å². The monoisotopic (exact) mass is 448 g/mol. The van der Waals surface area contributed by atoms with Crippen LogP contribution in [-0.4, -0.2) is 22.5 Å². The zero-order chi connectivity index (χ0) is 23.1. The van der Waals surface area contributed by atoms with Gasteiger partial charge in [-0.15, -0.1) is 0 Å². The number of carbonyl (C=O) groups excluding carboxylic acids is 1. The maximum atomic E-state index is 12.4. The summed E-state index contributed by atoms with van der Waals surface area (Å²) < 4.78 is 6.79. The first-order chi connectivity index (χ1) is 14.1. The number of allylic oxidation sites excluding steroid dienone is 1. The van der Waals surface area contributed by atoms with E-state index in [9.17, 15) is 4.79 Å². The highest BCUT2D eigenvalue weighted by atomic mass is 28.4. The van der Waals surface area contributed by atoms with E-state index in [1.165, 1.54) is 43.8 Å². The first-order valence-corrected chi connectivity index (χ1v) is 16.9. The predicted octanol–water partition coefficient (Wildman–Crippen LogP) is 5.20. The minimum absolute atomic E-state index is 0.0194. The molecule has 0 fully saturated rings. The lowest BCUT2D eigenvalue weighted by atomic mass is 9.81. The first kappa shape index (κ1) is 22.2. The van der Waals surface area contributed by atoms with Crippen molar-refractivity contribution in [3.05, 3.63) is 51.6 Å². The molecule has 2 aliphatic rings. The fraction of sp³-hybridized carbons (Fsp3) is 0.423. The summed E-state index contributed by atoms with van der Waals surface area (Å²) >= 11 is 0. The molecule has 2 aromatic carbocycles. The van der Waals surface area contributed by atoms with Gasteiger partial charge in [0.25, 0.3) is 5.91 Å². The van der Waals surface area contributed by atoms with Crippen molar-refractivity contribution in [1.82, 2.24) is 5.73 Å². The molecule has 2 aromatic rings. The molecule has 1 amide bonds. The molecule has 4 rings (SSSR count). The van der Waals surface area contributed by atoms with Crippen LogP contribution < -0.4 is 16.1 Å². The molecule has 0 aromatic heterocycles. The van der Waals surface area contributed by atoms with Gasteiger partial charge in [-0.05, 0) is 102 Å². The van der Waals surface area contributed by atoms with Crippen molar-refractivity contribution in [3.63, 3.8) is 0 Å². The normalized spacial score (nSPS) is 18.5. The van der Waals surface area contributed by atoms with Crippen LogP contribution in [0.1, 0.15) is 60.3 Å². The van der Waals surface area contributed by atoms with Crippen molar-refractivity contribution >= 4 is 39.0 Å². The van der Waals surface area contributed by atoms with Gasteiger partial charge in [0.2, 0.25) is 16.6 Å². The number of hydrogen-bond acceptors (Lipinski definition) is 2. The SMILES string of the molecule is CC1=Cc2cc(C(C)(C)C)cc(-c3c(C)c(C([NH])=O)cc4c3[Si](C)(C)O[Si]4(C)C)c2C1. The highest BCUT2D eigenvalue weighted by Gasteiger charge is 2.49. The van der Waals surface area contributed by atoms with Crippen molar-refractivity contribution in [2.24, 2.45) is 0 Å². The lowest BCUT2D eigenvalue weighted by molar-refractivity contribution is 0.0991. The summed E-state index contributed by atoms with van der Waals surface area (Å²) in [6, 6.07) is 6.68. The second-order valence-electron chi connectivity index (χ2n) is 11.3. The Morgan fingerprint density at radius 1 is 1.03 bits per heavy atom. The summed E-state index contributed by atoms with van der Waals surface area (Å²) in [6.07, 6.45) is 3.24. The Kier molecular flexibility index (Phi) is 4.86. The van der Waals surface area contributed by atoms with E-state index in [1.807, 2.05) is 13.0 Å². The topological polar surface area (TPSA) is 50.1 Å². The first-order valence-electron chi connectivity index (χ1n) is 11.1. The average molecular weight is 449 g/mol. The van der Waals surface area contributed by atoms with Gasteiger partial charge in [0, 0.05) is 5.56 Å². The molecule has 0 atom stereocenters. The minimum atomic E-state index is -2.15. The maximum absolute atomic E-state index is 12.4. The number of hydrogen-bond donors (Lipinski definition) is 0. The summed E-state index contributed by atoms with van der Waals surface area (Å²) in [6.45, 7) is 20.0. The van der Waals surface area contributed by atoms with Gasteiger partial charge in [0.1, 0.15) is 0 Å². The number of nitrogens with one attached hydrogen (secondary N) is 1. The number of fused-ring (bicyclic) bond motifs is 2. The van der Waals surface area contributed by atoms with E-state index in [4.69, 9.17) is 9.85 Å². The molecule has 1 aliphatic carbocycles.